The normalized spacial score (nSPS) is 13.0. The van der Waals surface area contributed by atoms with Crippen molar-refractivity contribution in [2.45, 2.75) is 450 Å². The van der Waals surface area contributed by atoms with Crippen LogP contribution in [0.25, 0.3) is 0 Å². The first kappa shape index (κ1) is 101. The Kier molecular flexibility index (Phi) is 82.7. The minimum Gasteiger partial charge on any atom is -0.545 e. The first-order valence-corrected chi connectivity index (χ1v) is 45.4. The second-order valence-electron chi connectivity index (χ2n) is 31.9. The molecule has 0 saturated carbocycles. The molecule has 9 heteroatoms. The largest absolute Gasteiger partial charge is 0.545 e. The van der Waals surface area contributed by atoms with Crippen LogP contribution in [0.5, 0.6) is 0 Å². The second kappa shape index (κ2) is 85.8. The van der Waals surface area contributed by atoms with Crippen molar-refractivity contribution in [2.24, 2.45) is 0 Å². The molecule has 105 heavy (non-hydrogen) atoms. The fourth-order valence-corrected chi connectivity index (χ4v) is 13.5. The number of carboxylic acid groups (broad SMARTS) is 1. The van der Waals surface area contributed by atoms with E-state index in [2.05, 4.69) is 111 Å². The molecular weight excluding hydrogens is 1300 g/mol. The average molecular weight is 1470 g/mol. The number of unbranched alkanes of at least 4 members (excludes halogenated alkanes) is 54. The first-order valence-electron chi connectivity index (χ1n) is 45.4. The second-order valence-corrected chi connectivity index (χ2v) is 31.9. The van der Waals surface area contributed by atoms with Crippen LogP contribution in [0.15, 0.2) is 97.2 Å². The maximum Gasteiger partial charge on any atom is 0.306 e. The number of nitrogens with zero attached hydrogens (tertiary/aromatic N) is 1. The SMILES string of the molecule is CC/C=C\C/C=C\C/C=C\C/C=C\C/C=C\C/C=C\C/C=C\C/C=C\CCCCCCCCCCCCCCCCC(=O)OC(COC(=O)CCCCCCCCCCCCCCCCCCCCCCCCCCCCCCCCCCCCCCCCCCC)COC(OCC[N+](C)(C)C)C(=O)[O-]. The van der Waals surface area contributed by atoms with Crippen molar-refractivity contribution in [3.05, 3.63) is 97.2 Å². The van der Waals surface area contributed by atoms with E-state index in [-0.39, 0.29) is 32.2 Å². The Morgan fingerprint density at radius 1 is 0.295 bits per heavy atom. The minimum atomic E-state index is -1.63. The topological polar surface area (TPSA) is 111 Å². The predicted octanol–water partition coefficient (Wildman–Crippen LogP) is 28.5. The van der Waals surface area contributed by atoms with Gasteiger partial charge in [0.1, 0.15) is 13.2 Å². The highest BCUT2D eigenvalue weighted by Gasteiger charge is 2.22. The molecule has 0 bridgehead atoms. The van der Waals surface area contributed by atoms with Gasteiger partial charge in [-0.15, -0.1) is 0 Å². The third kappa shape index (κ3) is 87.3. The van der Waals surface area contributed by atoms with Crippen molar-refractivity contribution in [3.63, 3.8) is 0 Å². The summed E-state index contributed by atoms with van der Waals surface area (Å²) >= 11 is 0. The van der Waals surface area contributed by atoms with Gasteiger partial charge in [-0.05, 0) is 77.0 Å². The Morgan fingerprint density at radius 2 is 0.543 bits per heavy atom. The Hall–Kier alpha value is -3.79. The van der Waals surface area contributed by atoms with Gasteiger partial charge in [0.25, 0.3) is 0 Å². The summed E-state index contributed by atoms with van der Waals surface area (Å²) in [5.74, 6) is -2.26. The number of aliphatic carboxylic acids is 1. The molecule has 0 radical (unpaired) electrons. The van der Waals surface area contributed by atoms with Crippen LogP contribution >= 0.6 is 0 Å². The van der Waals surface area contributed by atoms with Crippen molar-refractivity contribution in [1.82, 2.24) is 0 Å². The van der Waals surface area contributed by atoms with Gasteiger partial charge in [0.05, 0.1) is 40.3 Å². The average Bonchev–Trinajstić information content (AvgIpc) is 1.97. The molecule has 2 atom stereocenters. The Morgan fingerprint density at radius 3 is 0.810 bits per heavy atom. The van der Waals surface area contributed by atoms with E-state index in [1.54, 1.807) is 0 Å². The summed E-state index contributed by atoms with van der Waals surface area (Å²) in [5, 5.41) is 11.9. The zero-order chi connectivity index (χ0) is 76.0. The van der Waals surface area contributed by atoms with E-state index in [4.69, 9.17) is 18.9 Å². The summed E-state index contributed by atoms with van der Waals surface area (Å²) in [6.07, 6.45) is 117. The molecule has 0 saturated heterocycles. The predicted molar refractivity (Wildman–Crippen MR) is 454 cm³/mol. The number of quaternary nitrogens is 1. The molecule has 0 aromatic rings. The highest BCUT2D eigenvalue weighted by molar-refractivity contribution is 5.70. The van der Waals surface area contributed by atoms with Crippen LogP contribution in [0.2, 0.25) is 0 Å². The van der Waals surface area contributed by atoms with Crippen molar-refractivity contribution < 1.29 is 42.9 Å². The van der Waals surface area contributed by atoms with E-state index in [0.29, 0.717) is 23.9 Å². The number of carboxylic acids is 1. The lowest BCUT2D eigenvalue weighted by Gasteiger charge is -2.26. The van der Waals surface area contributed by atoms with Crippen molar-refractivity contribution >= 4 is 17.9 Å². The number of allylic oxidation sites excluding steroid dienone is 16. The van der Waals surface area contributed by atoms with Crippen molar-refractivity contribution in [1.29, 1.82) is 0 Å². The molecule has 0 aliphatic carbocycles. The molecule has 0 spiro atoms. The van der Waals surface area contributed by atoms with Gasteiger partial charge in [-0.1, -0.05) is 445 Å². The molecule has 0 aromatic carbocycles. The van der Waals surface area contributed by atoms with Crippen LogP contribution in [0.4, 0.5) is 0 Å². The number of esters is 2. The van der Waals surface area contributed by atoms with Crippen molar-refractivity contribution in [3.8, 4) is 0 Å². The molecule has 0 fully saturated rings. The lowest BCUT2D eigenvalue weighted by atomic mass is 10.0. The number of rotatable bonds is 85. The summed E-state index contributed by atoms with van der Waals surface area (Å²) < 4.78 is 22.9. The van der Waals surface area contributed by atoms with Gasteiger partial charge in [-0.2, -0.15) is 0 Å². The summed E-state index contributed by atoms with van der Waals surface area (Å²) in [4.78, 5) is 37.7. The summed E-state index contributed by atoms with van der Waals surface area (Å²) in [5.41, 5.74) is 0. The molecule has 0 aliphatic rings. The Balaban J connectivity index is 3.94. The first-order chi connectivity index (χ1) is 51.6. The number of carbonyl (C=O) groups excluding carboxylic acids is 3. The minimum absolute atomic E-state index is 0.147. The van der Waals surface area contributed by atoms with Crippen molar-refractivity contribution in [2.75, 3.05) is 47.5 Å². The van der Waals surface area contributed by atoms with E-state index >= 15 is 0 Å². The third-order valence-corrected chi connectivity index (χ3v) is 20.3. The maximum atomic E-state index is 13.0. The summed E-state index contributed by atoms with van der Waals surface area (Å²) in [7, 11) is 5.95. The van der Waals surface area contributed by atoms with Gasteiger partial charge in [-0.3, -0.25) is 9.59 Å². The van der Waals surface area contributed by atoms with Crippen LogP contribution in [0, 0.1) is 0 Å². The molecule has 610 valence electrons. The lowest BCUT2D eigenvalue weighted by Crippen LogP contribution is -2.44. The van der Waals surface area contributed by atoms with Crippen LogP contribution < -0.4 is 5.11 Å². The van der Waals surface area contributed by atoms with Gasteiger partial charge < -0.3 is 33.3 Å². The molecular formula is C96H173NO8. The van der Waals surface area contributed by atoms with Gasteiger partial charge in [0.2, 0.25) is 0 Å². The Bertz CT molecular complexity index is 2060. The van der Waals surface area contributed by atoms with E-state index in [0.717, 1.165) is 89.9 Å². The number of ether oxygens (including phenoxy) is 4. The van der Waals surface area contributed by atoms with E-state index in [9.17, 15) is 19.5 Å². The van der Waals surface area contributed by atoms with E-state index < -0.39 is 24.3 Å². The van der Waals surface area contributed by atoms with Gasteiger partial charge in [0.15, 0.2) is 12.4 Å². The van der Waals surface area contributed by atoms with E-state index in [1.165, 1.54) is 315 Å². The molecule has 0 aliphatic heterocycles. The molecule has 0 amide bonds. The van der Waals surface area contributed by atoms with Gasteiger partial charge in [-0.25, -0.2) is 0 Å². The molecule has 0 rings (SSSR count). The fourth-order valence-electron chi connectivity index (χ4n) is 13.5. The van der Waals surface area contributed by atoms with Crippen LogP contribution in [-0.2, 0) is 33.3 Å². The fraction of sp³-hybridized carbons (Fsp3) is 0.802. The summed E-state index contributed by atoms with van der Waals surface area (Å²) in [6.45, 7) is 4.70. The molecule has 9 nitrogen and oxygen atoms in total. The third-order valence-electron chi connectivity index (χ3n) is 20.3. The van der Waals surface area contributed by atoms with E-state index in [1.807, 2.05) is 21.1 Å². The number of hydrogen-bond donors (Lipinski definition) is 0. The smallest absolute Gasteiger partial charge is 0.306 e. The highest BCUT2D eigenvalue weighted by Crippen LogP contribution is 2.21. The molecule has 0 heterocycles. The zero-order valence-electron chi connectivity index (χ0n) is 70.1. The van der Waals surface area contributed by atoms with Gasteiger partial charge >= 0.3 is 11.9 Å². The van der Waals surface area contributed by atoms with Gasteiger partial charge in [0, 0.05) is 12.8 Å². The zero-order valence-corrected chi connectivity index (χ0v) is 70.1. The molecule has 0 N–H and O–H groups in total. The van der Waals surface area contributed by atoms with Crippen LogP contribution in [0.3, 0.4) is 0 Å². The lowest BCUT2D eigenvalue weighted by molar-refractivity contribution is -0.870. The van der Waals surface area contributed by atoms with Crippen LogP contribution in [-0.4, -0.2) is 82.3 Å². The summed E-state index contributed by atoms with van der Waals surface area (Å²) in [6, 6.07) is 0. The van der Waals surface area contributed by atoms with Crippen LogP contribution in [0.1, 0.15) is 438 Å². The molecule has 0 aromatic heterocycles. The highest BCUT2D eigenvalue weighted by atomic mass is 16.7. The maximum absolute atomic E-state index is 13.0. The molecule has 2 unspecified atom stereocenters. The quantitative estimate of drug-likeness (QED) is 0.0195. The number of carbonyl (C=O) groups is 3. The number of hydrogen-bond acceptors (Lipinski definition) is 8. The standard InChI is InChI=1S/C96H173NO8/c1-6-8-10-12-14-16-18-20-22-24-26-28-30-32-34-36-38-40-42-44-46-47-49-50-52-54-56-58-60-62-64-66-68-70-72-74-76-78-80-82-84-86-93(98)103-90-92(91-104-96(95(100)101)102-89-88-97(3,4)5)105-94(99)87-85-83-81-79-77-75-73-71-69-67-65-63-61-59-57-55-53-51-48-45-43-41-39-37-35-33-31-29-27-25-23-21-19-17-15-13-11-9-7-2/h9,11,15,17,21,23,27,29,33,35,39,41,45,48,53,55,92,96H,6-8,10,12-14,16,18-20,22,24-26,28,30-32,34,36-38,40,42-44,46-47,49-52,54,56-91H2,1-5H3/b11-9-,17-15-,23-21-,29-27-,35-33-,41-39-,48-45-,55-53-. The number of likely N-dealkylation sites (N-methyl/N-ethyl adjacent to an activating group) is 1. The monoisotopic (exact) mass is 1470 g/mol. The Labute approximate surface area is 652 Å².